The third-order valence-corrected chi connectivity index (χ3v) is 0.820. The molecule has 0 heterocycles. The maximum Gasteiger partial charge on any atom is 0.241 e. The van der Waals surface area contributed by atoms with Crippen molar-refractivity contribution in [3.63, 3.8) is 0 Å². The molecule has 2 N–H and O–H groups in total. The van der Waals surface area contributed by atoms with Crippen LogP contribution in [-0.2, 0) is 4.79 Å². The zero-order valence-corrected chi connectivity index (χ0v) is 5.34. The number of carbonyl (C=O) groups excluding carboxylic acids is 1. The van der Waals surface area contributed by atoms with Gasteiger partial charge >= 0.3 is 0 Å². The second kappa shape index (κ2) is 5.09. The van der Waals surface area contributed by atoms with Crippen molar-refractivity contribution in [2.24, 2.45) is 5.73 Å². The summed E-state index contributed by atoms with van der Waals surface area (Å²) >= 11 is 0. The van der Waals surface area contributed by atoms with Gasteiger partial charge in [-0.05, 0) is 18.9 Å². The van der Waals surface area contributed by atoms with Gasteiger partial charge in [0.1, 0.15) is 0 Å². The molecule has 0 unspecified atom stereocenters. The Balaban J connectivity index is 3.24. The highest BCUT2D eigenvalue weighted by molar-refractivity contribution is 5.85. The van der Waals surface area contributed by atoms with Crippen molar-refractivity contribution in [1.29, 1.82) is 0 Å². The predicted molar refractivity (Wildman–Crippen MR) is 37.8 cm³/mol. The van der Waals surface area contributed by atoms with E-state index in [1.165, 1.54) is 6.08 Å². The quantitative estimate of drug-likeness (QED) is 0.340. The summed E-state index contributed by atoms with van der Waals surface area (Å²) in [6.07, 6.45) is 6.63. The van der Waals surface area contributed by atoms with E-state index in [0.29, 0.717) is 0 Å². The minimum Gasteiger partial charge on any atom is -0.366 e. The molecule has 0 aromatic heterocycles. The highest BCUT2D eigenvalue weighted by Crippen LogP contribution is 1.89. The Morgan fingerprint density at radius 1 is 1.56 bits per heavy atom. The zero-order valence-electron chi connectivity index (χ0n) is 5.34. The van der Waals surface area contributed by atoms with E-state index in [2.05, 4.69) is 6.58 Å². The van der Waals surface area contributed by atoms with Crippen LogP contribution in [0.5, 0.6) is 0 Å². The smallest absolute Gasteiger partial charge is 0.241 e. The molecule has 0 aliphatic heterocycles. The predicted octanol–water partition coefficient (Wildman–Crippen LogP) is 0.994. The van der Waals surface area contributed by atoms with E-state index in [4.69, 9.17) is 5.73 Å². The standard InChI is InChI=1S/C7H11NO/c1-2-3-4-5-6-7(8)9/h2,5-6H,1,3-4H2,(H2,8,9). The second-order valence-corrected chi connectivity index (χ2v) is 1.67. The van der Waals surface area contributed by atoms with Gasteiger partial charge in [-0.15, -0.1) is 6.58 Å². The summed E-state index contributed by atoms with van der Waals surface area (Å²) in [4.78, 5) is 10.1. The first kappa shape index (κ1) is 7.95. The molecule has 0 aromatic carbocycles. The molecule has 0 rings (SSSR count). The molecule has 50 valence electrons. The molecule has 2 nitrogen and oxygen atoms in total. The lowest BCUT2D eigenvalue weighted by Gasteiger charge is -1.82. The van der Waals surface area contributed by atoms with Crippen molar-refractivity contribution < 1.29 is 4.79 Å². The molecule has 0 fully saturated rings. The third kappa shape index (κ3) is 6.95. The van der Waals surface area contributed by atoms with Crippen LogP contribution in [-0.4, -0.2) is 5.91 Å². The lowest BCUT2D eigenvalue weighted by molar-refractivity contribution is -0.113. The van der Waals surface area contributed by atoms with Crippen LogP contribution in [0.1, 0.15) is 12.8 Å². The van der Waals surface area contributed by atoms with E-state index in [0.717, 1.165) is 12.8 Å². The van der Waals surface area contributed by atoms with Crippen LogP contribution in [0, 0.1) is 0 Å². The second-order valence-electron chi connectivity index (χ2n) is 1.67. The van der Waals surface area contributed by atoms with Gasteiger partial charge in [-0.3, -0.25) is 4.79 Å². The molecule has 0 saturated heterocycles. The number of primary amides is 1. The molecule has 0 radical (unpaired) electrons. The Kier molecular flexibility index (Phi) is 4.50. The molecule has 9 heavy (non-hydrogen) atoms. The fourth-order valence-electron chi connectivity index (χ4n) is 0.414. The summed E-state index contributed by atoms with van der Waals surface area (Å²) in [6, 6.07) is 0. The lowest BCUT2D eigenvalue weighted by atomic mass is 10.3. The fourth-order valence-corrected chi connectivity index (χ4v) is 0.414. The molecule has 1 amide bonds. The number of nitrogens with two attached hydrogens (primary N) is 1. The number of unbranched alkanes of at least 4 members (excludes halogenated alkanes) is 1. The Morgan fingerprint density at radius 2 is 2.22 bits per heavy atom. The summed E-state index contributed by atoms with van der Waals surface area (Å²) in [5.74, 6) is -0.390. The highest BCUT2D eigenvalue weighted by atomic mass is 16.1. The van der Waals surface area contributed by atoms with Gasteiger partial charge in [0.25, 0.3) is 0 Å². The zero-order chi connectivity index (χ0) is 7.11. The van der Waals surface area contributed by atoms with Crippen LogP contribution >= 0.6 is 0 Å². The number of hydrogen-bond donors (Lipinski definition) is 1. The molecular formula is C7H11NO. The van der Waals surface area contributed by atoms with Crippen LogP contribution < -0.4 is 5.73 Å². The van der Waals surface area contributed by atoms with Crippen molar-refractivity contribution in [2.45, 2.75) is 12.8 Å². The topological polar surface area (TPSA) is 43.1 Å². The average molecular weight is 125 g/mol. The molecule has 0 bridgehead atoms. The lowest BCUT2D eigenvalue weighted by Crippen LogP contribution is -2.05. The first-order valence-electron chi connectivity index (χ1n) is 2.84. The van der Waals surface area contributed by atoms with Gasteiger partial charge in [-0.1, -0.05) is 12.2 Å². The highest BCUT2D eigenvalue weighted by Gasteiger charge is 1.79. The number of rotatable bonds is 4. The molecule has 0 spiro atoms. The van der Waals surface area contributed by atoms with Crippen LogP contribution in [0.15, 0.2) is 24.8 Å². The number of amides is 1. The molecule has 0 atom stereocenters. The van der Waals surface area contributed by atoms with Gasteiger partial charge in [0.05, 0.1) is 0 Å². The Hall–Kier alpha value is -1.05. The minimum absolute atomic E-state index is 0.390. The van der Waals surface area contributed by atoms with E-state index in [9.17, 15) is 4.79 Å². The SMILES string of the molecule is C=CCCC=CC(N)=O. The van der Waals surface area contributed by atoms with E-state index >= 15 is 0 Å². The molecule has 2 heteroatoms. The van der Waals surface area contributed by atoms with Crippen molar-refractivity contribution >= 4 is 5.91 Å². The summed E-state index contributed by atoms with van der Waals surface area (Å²) in [6.45, 7) is 3.53. The van der Waals surface area contributed by atoms with E-state index in [-0.39, 0.29) is 5.91 Å². The summed E-state index contributed by atoms with van der Waals surface area (Å²) in [5, 5.41) is 0. The van der Waals surface area contributed by atoms with Crippen LogP contribution in [0.4, 0.5) is 0 Å². The normalized spacial score (nSPS) is 9.78. The van der Waals surface area contributed by atoms with Gasteiger partial charge in [0.15, 0.2) is 0 Å². The summed E-state index contributed by atoms with van der Waals surface area (Å²) in [7, 11) is 0. The van der Waals surface area contributed by atoms with Gasteiger partial charge in [0, 0.05) is 0 Å². The average Bonchev–Trinajstić information content (AvgIpc) is 1.80. The van der Waals surface area contributed by atoms with Gasteiger partial charge < -0.3 is 5.73 Å². The van der Waals surface area contributed by atoms with E-state index < -0.39 is 0 Å². The maximum absolute atomic E-state index is 10.1. The summed E-state index contributed by atoms with van der Waals surface area (Å²) in [5.41, 5.74) is 4.82. The number of hydrogen-bond acceptors (Lipinski definition) is 1. The Bertz CT molecular complexity index is 127. The fraction of sp³-hybridized carbons (Fsp3) is 0.286. The van der Waals surface area contributed by atoms with Crippen molar-refractivity contribution in [3.8, 4) is 0 Å². The van der Waals surface area contributed by atoms with Crippen molar-refractivity contribution in [2.75, 3.05) is 0 Å². The molecule has 0 aliphatic rings. The van der Waals surface area contributed by atoms with Gasteiger partial charge in [-0.2, -0.15) is 0 Å². The molecule has 0 saturated carbocycles. The molecule has 0 aromatic rings. The van der Waals surface area contributed by atoms with E-state index in [1.807, 2.05) is 0 Å². The first-order valence-corrected chi connectivity index (χ1v) is 2.84. The van der Waals surface area contributed by atoms with E-state index in [1.54, 1.807) is 12.2 Å². The largest absolute Gasteiger partial charge is 0.366 e. The number of allylic oxidation sites excluding steroid dienone is 2. The van der Waals surface area contributed by atoms with Crippen LogP contribution in [0.2, 0.25) is 0 Å². The van der Waals surface area contributed by atoms with Gasteiger partial charge in [0.2, 0.25) is 5.91 Å². The van der Waals surface area contributed by atoms with Crippen LogP contribution in [0.3, 0.4) is 0 Å². The van der Waals surface area contributed by atoms with Crippen LogP contribution in [0.25, 0.3) is 0 Å². The van der Waals surface area contributed by atoms with Crippen molar-refractivity contribution in [1.82, 2.24) is 0 Å². The molecule has 0 aliphatic carbocycles. The molecular weight excluding hydrogens is 114 g/mol. The minimum atomic E-state index is -0.390. The Labute approximate surface area is 55.1 Å². The monoisotopic (exact) mass is 125 g/mol. The third-order valence-electron chi connectivity index (χ3n) is 0.820. The van der Waals surface area contributed by atoms with Crippen molar-refractivity contribution in [3.05, 3.63) is 24.8 Å². The number of carbonyl (C=O) groups is 1. The Morgan fingerprint density at radius 3 is 2.67 bits per heavy atom. The first-order chi connectivity index (χ1) is 4.27. The maximum atomic E-state index is 10.1. The van der Waals surface area contributed by atoms with Gasteiger partial charge in [-0.25, -0.2) is 0 Å². The summed E-state index contributed by atoms with van der Waals surface area (Å²) < 4.78 is 0.